The Bertz CT molecular complexity index is 107. The zero-order valence-corrected chi connectivity index (χ0v) is 7.15. The average Bonchev–Trinajstić information content (AvgIpc) is 1.89. The van der Waals surface area contributed by atoms with Crippen molar-refractivity contribution in [2.45, 2.75) is 26.2 Å². The number of carbonyl (C=O) groups excluding carboxylic acids is 1. The maximum Gasteiger partial charge on any atom is 0.156 e. The Hall–Kier alpha value is -0.110. The second-order valence-electron chi connectivity index (χ2n) is 1.85. The molecule has 0 saturated carbocycles. The first-order valence-corrected chi connectivity index (χ1v) is 3.91. The van der Waals surface area contributed by atoms with Crippen molar-refractivity contribution >= 4 is 22.2 Å². The van der Waals surface area contributed by atoms with Crippen LogP contribution in [0.3, 0.4) is 0 Å². The zero-order valence-electron chi connectivity index (χ0n) is 5.56. The van der Waals surface area contributed by atoms with Crippen LogP contribution in [0.4, 0.5) is 0 Å². The van der Waals surface area contributed by atoms with E-state index in [2.05, 4.69) is 22.9 Å². The van der Waals surface area contributed by atoms with E-state index in [4.69, 9.17) is 0 Å². The van der Waals surface area contributed by atoms with Crippen molar-refractivity contribution < 1.29 is 4.79 Å². The molecule has 0 rings (SSSR count). The van der Waals surface area contributed by atoms with Gasteiger partial charge in [-0.15, -0.1) is 0 Å². The van der Waals surface area contributed by atoms with Crippen molar-refractivity contribution in [1.29, 1.82) is 0 Å². The predicted molar refractivity (Wildman–Crippen MR) is 42.6 cm³/mol. The molecular weight excluding hydrogens is 180 g/mol. The number of hydrogen-bond acceptors (Lipinski definition) is 1. The lowest BCUT2D eigenvalue weighted by molar-refractivity contribution is -0.104. The van der Waals surface area contributed by atoms with Crippen molar-refractivity contribution in [2.24, 2.45) is 0 Å². The lowest BCUT2D eigenvalue weighted by Gasteiger charge is -1.87. The molecule has 0 aliphatic heterocycles. The standard InChI is InChI=1S/C7H11BrO/c1-2-3-4-5-7(8)6-9/h5-6H,2-4H2,1H3. The number of carbonyl (C=O) groups is 1. The second kappa shape index (κ2) is 6.02. The molecule has 0 spiro atoms. The van der Waals surface area contributed by atoms with Gasteiger partial charge in [-0.05, 0) is 22.4 Å². The molecular formula is C7H11BrO. The third kappa shape index (κ3) is 5.77. The second-order valence-corrected chi connectivity index (χ2v) is 2.76. The first-order chi connectivity index (χ1) is 4.31. The topological polar surface area (TPSA) is 17.1 Å². The monoisotopic (exact) mass is 190 g/mol. The molecule has 9 heavy (non-hydrogen) atoms. The minimum absolute atomic E-state index is 0.663. The van der Waals surface area contributed by atoms with Crippen LogP contribution in [0, 0.1) is 0 Å². The van der Waals surface area contributed by atoms with Crippen LogP contribution in [0.1, 0.15) is 26.2 Å². The molecule has 0 fully saturated rings. The van der Waals surface area contributed by atoms with E-state index in [9.17, 15) is 4.79 Å². The fourth-order valence-electron chi connectivity index (χ4n) is 0.492. The fraction of sp³-hybridized carbons (Fsp3) is 0.571. The number of allylic oxidation sites excluding steroid dienone is 2. The molecule has 0 saturated heterocycles. The summed E-state index contributed by atoms with van der Waals surface area (Å²) < 4.78 is 0.663. The van der Waals surface area contributed by atoms with E-state index in [-0.39, 0.29) is 0 Å². The number of rotatable bonds is 4. The summed E-state index contributed by atoms with van der Waals surface area (Å²) in [6, 6.07) is 0. The number of hydrogen-bond donors (Lipinski definition) is 0. The van der Waals surface area contributed by atoms with Gasteiger partial charge < -0.3 is 0 Å². The van der Waals surface area contributed by atoms with Gasteiger partial charge in [-0.1, -0.05) is 25.8 Å². The SMILES string of the molecule is CCCCC=C(Br)C=O. The quantitative estimate of drug-likeness (QED) is 0.379. The van der Waals surface area contributed by atoms with Crippen LogP contribution >= 0.6 is 15.9 Å². The Labute approximate surface area is 64.3 Å². The summed E-state index contributed by atoms with van der Waals surface area (Å²) in [7, 11) is 0. The molecule has 0 aromatic rings. The Morgan fingerprint density at radius 2 is 2.33 bits per heavy atom. The van der Waals surface area contributed by atoms with Gasteiger partial charge in [-0.3, -0.25) is 4.79 Å². The van der Waals surface area contributed by atoms with Gasteiger partial charge in [0.05, 0.1) is 4.48 Å². The highest BCUT2D eigenvalue weighted by Gasteiger charge is 1.84. The maximum atomic E-state index is 9.98. The molecule has 0 radical (unpaired) electrons. The first kappa shape index (κ1) is 8.89. The van der Waals surface area contributed by atoms with Crippen LogP contribution in [0.25, 0.3) is 0 Å². The van der Waals surface area contributed by atoms with E-state index in [1.54, 1.807) is 0 Å². The average molecular weight is 191 g/mol. The molecule has 0 aliphatic rings. The Balaban J connectivity index is 3.31. The number of aldehydes is 1. The summed E-state index contributed by atoms with van der Waals surface area (Å²) in [6.07, 6.45) is 6.04. The lowest BCUT2D eigenvalue weighted by atomic mass is 10.2. The van der Waals surface area contributed by atoms with E-state index < -0.39 is 0 Å². The van der Waals surface area contributed by atoms with Gasteiger partial charge in [0.25, 0.3) is 0 Å². The molecule has 52 valence electrons. The van der Waals surface area contributed by atoms with E-state index >= 15 is 0 Å². The minimum Gasteiger partial charge on any atom is -0.297 e. The highest BCUT2D eigenvalue weighted by atomic mass is 79.9. The van der Waals surface area contributed by atoms with Crippen LogP contribution in [0.5, 0.6) is 0 Å². The Morgan fingerprint density at radius 3 is 2.78 bits per heavy atom. The molecule has 0 unspecified atom stereocenters. The maximum absolute atomic E-state index is 9.98. The van der Waals surface area contributed by atoms with Crippen molar-refractivity contribution in [3.8, 4) is 0 Å². The molecule has 2 heteroatoms. The van der Waals surface area contributed by atoms with Crippen LogP contribution in [0.15, 0.2) is 10.6 Å². The predicted octanol–water partition coefficient (Wildman–Crippen LogP) is 2.65. The van der Waals surface area contributed by atoms with Crippen molar-refractivity contribution in [1.82, 2.24) is 0 Å². The Kier molecular flexibility index (Phi) is 5.94. The number of unbranched alkanes of at least 4 members (excludes halogenated alkanes) is 2. The molecule has 0 N–H and O–H groups in total. The molecule has 0 amide bonds. The van der Waals surface area contributed by atoms with Crippen LogP contribution in [0.2, 0.25) is 0 Å². The summed E-state index contributed by atoms with van der Waals surface area (Å²) in [4.78, 5) is 9.98. The van der Waals surface area contributed by atoms with E-state index in [1.807, 2.05) is 6.08 Å². The smallest absolute Gasteiger partial charge is 0.156 e. The normalized spacial score (nSPS) is 11.6. The Morgan fingerprint density at radius 1 is 1.67 bits per heavy atom. The van der Waals surface area contributed by atoms with Crippen LogP contribution in [-0.2, 0) is 4.79 Å². The lowest BCUT2D eigenvalue weighted by Crippen LogP contribution is -1.72. The molecule has 0 aromatic heterocycles. The largest absolute Gasteiger partial charge is 0.297 e. The van der Waals surface area contributed by atoms with Crippen LogP contribution < -0.4 is 0 Å². The number of halogens is 1. The van der Waals surface area contributed by atoms with E-state index in [0.717, 1.165) is 19.1 Å². The van der Waals surface area contributed by atoms with Gasteiger partial charge in [0, 0.05) is 0 Å². The van der Waals surface area contributed by atoms with Gasteiger partial charge in [0.2, 0.25) is 0 Å². The summed E-state index contributed by atoms with van der Waals surface area (Å²) in [5.41, 5.74) is 0. The molecule has 0 atom stereocenters. The van der Waals surface area contributed by atoms with Gasteiger partial charge in [-0.2, -0.15) is 0 Å². The summed E-state index contributed by atoms with van der Waals surface area (Å²) >= 11 is 3.10. The highest BCUT2D eigenvalue weighted by Crippen LogP contribution is 2.04. The van der Waals surface area contributed by atoms with Crippen LogP contribution in [-0.4, -0.2) is 6.29 Å². The third-order valence-corrected chi connectivity index (χ3v) is 1.52. The minimum atomic E-state index is 0.663. The zero-order chi connectivity index (χ0) is 7.11. The van der Waals surface area contributed by atoms with Gasteiger partial charge >= 0.3 is 0 Å². The fourth-order valence-corrected chi connectivity index (χ4v) is 0.721. The van der Waals surface area contributed by atoms with Crippen molar-refractivity contribution in [2.75, 3.05) is 0 Å². The van der Waals surface area contributed by atoms with E-state index in [0.29, 0.717) is 4.48 Å². The van der Waals surface area contributed by atoms with Gasteiger partial charge in [0.15, 0.2) is 6.29 Å². The van der Waals surface area contributed by atoms with Crippen molar-refractivity contribution in [3.05, 3.63) is 10.6 Å². The third-order valence-electron chi connectivity index (χ3n) is 1.01. The summed E-state index contributed by atoms with van der Waals surface area (Å²) in [5, 5.41) is 0. The van der Waals surface area contributed by atoms with E-state index in [1.165, 1.54) is 6.42 Å². The molecule has 0 aromatic carbocycles. The molecule has 0 heterocycles. The molecule has 1 nitrogen and oxygen atoms in total. The molecule has 0 aliphatic carbocycles. The van der Waals surface area contributed by atoms with Gasteiger partial charge in [0.1, 0.15) is 0 Å². The van der Waals surface area contributed by atoms with Crippen molar-refractivity contribution in [3.63, 3.8) is 0 Å². The summed E-state index contributed by atoms with van der Waals surface area (Å²) in [5.74, 6) is 0. The highest BCUT2D eigenvalue weighted by molar-refractivity contribution is 9.12. The molecule has 0 bridgehead atoms. The summed E-state index contributed by atoms with van der Waals surface area (Å²) in [6.45, 7) is 2.13. The first-order valence-electron chi connectivity index (χ1n) is 3.12. The van der Waals surface area contributed by atoms with Gasteiger partial charge in [-0.25, -0.2) is 0 Å².